The van der Waals surface area contributed by atoms with Crippen molar-refractivity contribution in [2.24, 2.45) is 0 Å². The van der Waals surface area contributed by atoms with Gasteiger partial charge in [0.2, 0.25) is 5.91 Å². The van der Waals surface area contributed by atoms with E-state index in [4.69, 9.17) is 0 Å². The molecule has 0 spiro atoms. The Hall–Kier alpha value is -2.12. The van der Waals surface area contributed by atoms with Gasteiger partial charge in [-0.1, -0.05) is 42.1 Å². The number of hydrogen-bond acceptors (Lipinski definition) is 5. The fraction of sp³-hybridized carbons (Fsp3) is 0.381. The molecule has 1 aliphatic rings. The van der Waals surface area contributed by atoms with Gasteiger partial charge in [0.15, 0.2) is 5.16 Å². The van der Waals surface area contributed by atoms with Crippen LogP contribution in [0.3, 0.4) is 0 Å². The number of carbonyl (C=O) groups is 1. The lowest BCUT2D eigenvalue weighted by Gasteiger charge is -2.18. The summed E-state index contributed by atoms with van der Waals surface area (Å²) in [5.41, 5.74) is 2.39. The van der Waals surface area contributed by atoms with Crippen molar-refractivity contribution in [3.8, 4) is 0 Å². The number of aromatic nitrogens is 3. The van der Waals surface area contributed by atoms with Crippen LogP contribution in [0.1, 0.15) is 40.7 Å². The van der Waals surface area contributed by atoms with E-state index >= 15 is 0 Å². The number of carbonyl (C=O) groups excluding carboxylic acids is 1. The van der Waals surface area contributed by atoms with Crippen LogP contribution in [-0.4, -0.2) is 38.4 Å². The molecule has 1 aromatic carbocycles. The Morgan fingerprint density at radius 3 is 2.79 bits per heavy atom. The molecule has 1 aliphatic carbocycles. The quantitative estimate of drug-likeness (QED) is 0.517. The molecule has 0 aliphatic heterocycles. The zero-order valence-corrected chi connectivity index (χ0v) is 17.8. The number of thioether (sulfide) groups is 1. The molecule has 0 radical (unpaired) electrons. The zero-order valence-electron chi connectivity index (χ0n) is 16.2. The summed E-state index contributed by atoms with van der Waals surface area (Å²) in [6, 6.07) is 12.9. The van der Waals surface area contributed by atoms with E-state index in [1.165, 1.54) is 40.6 Å². The maximum atomic E-state index is 12.6. The minimum absolute atomic E-state index is 0.110. The second-order valence-corrected chi connectivity index (χ2v) is 9.20. The topological polar surface area (TPSA) is 51.0 Å². The SMILES string of the molecule is Cc1ccccc1CN(C)C(=O)CSc1nnc(Cc2cccs2)n1C1CC1. The molecule has 2 aromatic heterocycles. The van der Waals surface area contributed by atoms with Crippen molar-refractivity contribution in [2.75, 3.05) is 12.8 Å². The number of aryl methyl sites for hydroxylation is 1. The smallest absolute Gasteiger partial charge is 0.233 e. The van der Waals surface area contributed by atoms with E-state index in [0.717, 1.165) is 17.4 Å². The number of thiophene rings is 1. The first-order valence-corrected chi connectivity index (χ1v) is 11.4. The second kappa shape index (κ2) is 8.49. The second-order valence-electron chi connectivity index (χ2n) is 7.22. The van der Waals surface area contributed by atoms with Gasteiger partial charge in [0.05, 0.1) is 5.75 Å². The van der Waals surface area contributed by atoms with Gasteiger partial charge in [-0.25, -0.2) is 0 Å². The summed E-state index contributed by atoms with van der Waals surface area (Å²) < 4.78 is 2.25. The lowest BCUT2D eigenvalue weighted by Crippen LogP contribution is -2.28. The predicted molar refractivity (Wildman–Crippen MR) is 114 cm³/mol. The highest BCUT2D eigenvalue weighted by molar-refractivity contribution is 7.99. The highest BCUT2D eigenvalue weighted by Gasteiger charge is 2.30. The van der Waals surface area contributed by atoms with Gasteiger partial charge in [0.25, 0.3) is 0 Å². The normalized spacial score (nSPS) is 13.6. The van der Waals surface area contributed by atoms with Crippen LogP contribution in [0.2, 0.25) is 0 Å². The summed E-state index contributed by atoms with van der Waals surface area (Å²) in [5.74, 6) is 1.50. The zero-order chi connectivity index (χ0) is 19.5. The maximum absolute atomic E-state index is 12.6. The Balaban J connectivity index is 1.39. The fourth-order valence-electron chi connectivity index (χ4n) is 3.16. The van der Waals surface area contributed by atoms with E-state index in [-0.39, 0.29) is 5.91 Å². The van der Waals surface area contributed by atoms with Gasteiger partial charge >= 0.3 is 0 Å². The molecule has 1 amide bonds. The monoisotopic (exact) mass is 412 g/mol. The Morgan fingerprint density at radius 2 is 2.07 bits per heavy atom. The lowest BCUT2D eigenvalue weighted by atomic mass is 10.1. The standard InChI is InChI=1S/C21H24N4OS2/c1-15-6-3-4-7-16(15)13-24(2)20(26)14-28-21-23-22-19(25(21)17-9-10-17)12-18-8-5-11-27-18/h3-8,11,17H,9-10,12-14H2,1-2H3. The van der Waals surface area contributed by atoms with E-state index in [1.54, 1.807) is 16.2 Å². The highest BCUT2D eigenvalue weighted by Crippen LogP contribution is 2.39. The van der Waals surface area contributed by atoms with Crippen LogP contribution in [0.25, 0.3) is 0 Å². The Morgan fingerprint density at radius 1 is 1.25 bits per heavy atom. The fourth-order valence-corrected chi connectivity index (χ4v) is 4.83. The van der Waals surface area contributed by atoms with Crippen molar-refractivity contribution in [1.29, 1.82) is 0 Å². The summed E-state index contributed by atoms with van der Waals surface area (Å²) >= 11 is 3.24. The Kier molecular flexibility index (Phi) is 5.82. The number of benzene rings is 1. The van der Waals surface area contributed by atoms with Gasteiger partial charge in [0.1, 0.15) is 5.82 Å². The van der Waals surface area contributed by atoms with Gasteiger partial charge < -0.3 is 9.47 Å². The van der Waals surface area contributed by atoms with E-state index in [9.17, 15) is 4.79 Å². The van der Waals surface area contributed by atoms with Crippen LogP contribution in [0.5, 0.6) is 0 Å². The van der Waals surface area contributed by atoms with Crippen LogP contribution < -0.4 is 0 Å². The van der Waals surface area contributed by atoms with Gasteiger partial charge in [-0.15, -0.1) is 21.5 Å². The molecule has 0 unspecified atom stereocenters. The molecule has 146 valence electrons. The number of amides is 1. The predicted octanol–water partition coefficient (Wildman–Crippen LogP) is 4.32. The third kappa shape index (κ3) is 4.47. The molecule has 1 saturated carbocycles. The van der Waals surface area contributed by atoms with Crippen molar-refractivity contribution in [1.82, 2.24) is 19.7 Å². The summed E-state index contributed by atoms with van der Waals surface area (Å²) in [6.45, 7) is 2.71. The molecule has 7 heteroatoms. The number of nitrogens with zero attached hydrogens (tertiary/aromatic N) is 4. The molecule has 4 rings (SSSR count). The minimum Gasteiger partial charge on any atom is -0.341 e. The molecule has 0 saturated heterocycles. The van der Waals surface area contributed by atoms with Gasteiger partial charge in [-0.2, -0.15) is 0 Å². The average molecular weight is 413 g/mol. The molecular formula is C21H24N4OS2. The molecule has 0 N–H and O–H groups in total. The van der Waals surface area contributed by atoms with E-state index in [2.05, 4.69) is 51.3 Å². The van der Waals surface area contributed by atoms with Crippen LogP contribution in [-0.2, 0) is 17.8 Å². The van der Waals surface area contributed by atoms with E-state index in [0.29, 0.717) is 18.3 Å². The Labute approximate surface area is 173 Å². The van der Waals surface area contributed by atoms with Crippen molar-refractivity contribution in [3.05, 3.63) is 63.6 Å². The largest absolute Gasteiger partial charge is 0.341 e. The third-order valence-corrected chi connectivity index (χ3v) is 6.78. The molecule has 0 atom stereocenters. The molecule has 2 heterocycles. The first-order chi connectivity index (χ1) is 13.6. The van der Waals surface area contributed by atoms with Crippen LogP contribution in [0.4, 0.5) is 0 Å². The molecule has 28 heavy (non-hydrogen) atoms. The summed E-state index contributed by atoms with van der Waals surface area (Å²) in [4.78, 5) is 15.7. The molecule has 3 aromatic rings. The molecule has 0 bridgehead atoms. The third-order valence-electron chi connectivity index (χ3n) is 4.98. The van der Waals surface area contributed by atoms with E-state index in [1.807, 2.05) is 19.2 Å². The van der Waals surface area contributed by atoms with Crippen LogP contribution in [0, 0.1) is 6.92 Å². The van der Waals surface area contributed by atoms with E-state index < -0.39 is 0 Å². The molecule has 5 nitrogen and oxygen atoms in total. The van der Waals surface area contributed by atoms with Crippen molar-refractivity contribution < 1.29 is 4.79 Å². The number of rotatable bonds is 8. The van der Waals surface area contributed by atoms with Crippen molar-refractivity contribution in [2.45, 2.75) is 43.9 Å². The average Bonchev–Trinajstić information content (AvgIpc) is 3.24. The first-order valence-electron chi connectivity index (χ1n) is 9.49. The van der Waals surface area contributed by atoms with Gasteiger partial charge in [0, 0.05) is 30.9 Å². The maximum Gasteiger partial charge on any atom is 0.233 e. The Bertz CT molecular complexity index is 947. The van der Waals surface area contributed by atoms with Crippen molar-refractivity contribution in [3.63, 3.8) is 0 Å². The lowest BCUT2D eigenvalue weighted by molar-refractivity contribution is -0.127. The van der Waals surface area contributed by atoms with Crippen LogP contribution in [0.15, 0.2) is 46.9 Å². The first kappa shape index (κ1) is 19.2. The highest BCUT2D eigenvalue weighted by atomic mass is 32.2. The van der Waals surface area contributed by atoms with Crippen LogP contribution >= 0.6 is 23.1 Å². The number of hydrogen-bond donors (Lipinski definition) is 0. The summed E-state index contributed by atoms with van der Waals surface area (Å²) in [7, 11) is 1.86. The van der Waals surface area contributed by atoms with Gasteiger partial charge in [-0.3, -0.25) is 4.79 Å². The molecular weight excluding hydrogens is 388 g/mol. The van der Waals surface area contributed by atoms with Gasteiger partial charge in [-0.05, 0) is 42.3 Å². The summed E-state index contributed by atoms with van der Waals surface area (Å²) in [6.07, 6.45) is 3.15. The summed E-state index contributed by atoms with van der Waals surface area (Å²) in [5, 5.41) is 11.8. The van der Waals surface area contributed by atoms with Crippen molar-refractivity contribution >= 4 is 29.0 Å². The minimum atomic E-state index is 0.110. The molecule has 1 fully saturated rings.